The topological polar surface area (TPSA) is 26.0 Å². The highest BCUT2D eigenvalue weighted by Gasteiger charge is 2.24. The Labute approximate surface area is 147 Å². The van der Waals surface area contributed by atoms with Crippen LogP contribution in [0.4, 0.5) is 0 Å². The van der Waals surface area contributed by atoms with Crippen molar-refractivity contribution in [1.29, 1.82) is 0 Å². The van der Waals surface area contributed by atoms with Crippen LogP contribution in [0.2, 0.25) is 0 Å². The van der Waals surface area contributed by atoms with Gasteiger partial charge < -0.3 is 5.73 Å². The van der Waals surface area contributed by atoms with Crippen molar-refractivity contribution in [2.24, 2.45) is 5.73 Å². The van der Waals surface area contributed by atoms with E-state index in [1.807, 2.05) is 13.0 Å². The summed E-state index contributed by atoms with van der Waals surface area (Å²) >= 11 is 0. The number of hydrogen-bond donors (Lipinski definition) is 1. The molecule has 0 radical (unpaired) electrons. The summed E-state index contributed by atoms with van der Waals surface area (Å²) in [5.74, 6) is 2.79. The van der Waals surface area contributed by atoms with E-state index in [0.29, 0.717) is 0 Å². The molecule has 2 rings (SSSR count). The van der Waals surface area contributed by atoms with Crippen LogP contribution in [0.15, 0.2) is 42.0 Å². The highest BCUT2D eigenvalue weighted by molar-refractivity contribution is 5.82. The van der Waals surface area contributed by atoms with Gasteiger partial charge in [-0.3, -0.25) is 0 Å². The average molecular weight is 317 g/mol. The molecule has 0 heterocycles. The van der Waals surface area contributed by atoms with Crippen LogP contribution in [-0.4, -0.2) is 5.54 Å². The van der Waals surface area contributed by atoms with Gasteiger partial charge in [0.2, 0.25) is 0 Å². The lowest BCUT2D eigenvalue weighted by atomic mass is 9.90. The molecule has 0 bridgehead atoms. The van der Waals surface area contributed by atoms with Crippen molar-refractivity contribution in [3.05, 3.63) is 64.3 Å². The van der Waals surface area contributed by atoms with E-state index in [1.54, 1.807) is 0 Å². The van der Waals surface area contributed by atoms with Gasteiger partial charge in [-0.15, -0.1) is 19.3 Å². The molecule has 1 aliphatic rings. The lowest BCUT2D eigenvalue weighted by molar-refractivity contribution is 0.538. The fourth-order valence-corrected chi connectivity index (χ4v) is 2.91. The zero-order valence-corrected chi connectivity index (χ0v) is 15.2. The van der Waals surface area contributed by atoms with Gasteiger partial charge in [0.05, 0.1) is 0 Å². The molecule has 0 saturated carbocycles. The van der Waals surface area contributed by atoms with E-state index < -0.39 is 0 Å². The summed E-state index contributed by atoms with van der Waals surface area (Å²) < 4.78 is 0. The molecule has 0 spiro atoms. The third-order valence-corrected chi connectivity index (χ3v) is 4.27. The summed E-state index contributed by atoms with van der Waals surface area (Å²) in [6, 6.07) is 4.37. The number of aryl methyl sites for hydroxylation is 2. The van der Waals surface area contributed by atoms with E-state index in [0.717, 1.165) is 24.0 Å². The molecule has 0 aliphatic heterocycles. The highest BCUT2D eigenvalue weighted by Crippen LogP contribution is 2.35. The number of terminal acetylenes is 2. The Morgan fingerprint density at radius 1 is 1.33 bits per heavy atom. The van der Waals surface area contributed by atoms with Crippen LogP contribution in [0, 0.1) is 32.1 Å². The van der Waals surface area contributed by atoms with Gasteiger partial charge in [0.25, 0.3) is 0 Å². The maximum absolute atomic E-state index is 6.46. The Balaban J connectivity index is 0.00000139. The quantitative estimate of drug-likeness (QED) is 0.615. The maximum Gasteiger partial charge on any atom is 0.0322 e. The van der Waals surface area contributed by atoms with Crippen molar-refractivity contribution in [2.75, 3.05) is 0 Å². The lowest BCUT2D eigenvalue weighted by Gasteiger charge is -2.19. The molecule has 1 aromatic carbocycles. The molecule has 1 unspecified atom stereocenters. The predicted octanol–water partition coefficient (Wildman–Crippen LogP) is 4.80. The second-order valence-electron chi connectivity index (χ2n) is 6.41. The molecule has 0 saturated heterocycles. The molecule has 0 amide bonds. The zero-order chi connectivity index (χ0) is 18.3. The molecule has 24 heavy (non-hydrogen) atoms. The number of allylic oxidation sites excluding steroid dienone is 5. The molecule has 1 heteroatoms. The monoisotopic (exact) mass is 317 g/mol. The van der Waals surface area contributed by atoms with Gasteiger partial charge in [0.15, 0.2) is 0 Å². The summed E-state index contributed by atoms with van der Waals surface area (Å²) in [7, 11) is 0. The summed E-state index contributed by atoms with van der Waals surface area (Å²) in [6.07, 6.45) is 24.0. The lowest BCUT2D eigenvalue weighted by Crippen LogP contribution is -2.33. The first-order valence-electron chi connectivity index (χ1n) is 8.13. The van der Waals surface area contributed by atoms with E-state index in [-0.39, 0.29) is 5.54 Å². The number of hydrogen-bond acceptors (Lipinski definition) is 1. The number of fused-ring (bicyclic) bond motifs is 1. The number of nitrogens with two attached hydrogens (primary N) is 1. The first-order chi connectivity index (χ1) is 11.4. The Kier molecular flexibility index (Phi) is 6.84. The third-order valence-electron chi connectivity index (χ3n) is 4.27. The first kappa shape index (κ1) is 19.6. The molecular weight excluding hydrogens is 290 g/mol. The van der Waals surface area contributed by atoms with Crippen molar-refractivity contribution in [3.63, 3.8) is 0 Å². The van der Waals surface area contributed by atoms with Crippen LogP contribution < -0.4 is 5.73 Å². The van der Waals surface area contributed by atoms with E-state index in [1.165, 1.54) is 22.3 Å². The molecule has 1 atom stereocenters. The zero-order valence-electron chi connectivity index (χ0n) is 15.2. The van der Waals surface area contributed by atoms with Crippen molar-refractivity contribution in [1.82, 2.24) is 0 Å². The highest BCUT2D eigenvalue weighted by atomic mass is 14.7. The average Bonchev–Trinajstić information content (AvgIpc) is 2.70. The smallest absolute Gasteiger partial charge is 0.0322 e. The summed E-state index contributed by atoms with van der Waals surface area (Å²) in [5.41, 5.74) is 13.3. The number of benzene rings is 1. The predicted molar refractivity (Wildman–Crippen MR) is 106 cm³/mol. The Morgan fingerprint density at radius 3 is 2.58 bits per heavy atom. The summed E-state index contributed by atoms with van der Waals surface area (Å²) in [4.78, 5) is 0. The maximum atomic E-state index is 6.46. The summed E-state index contributed by atoms with van der Waals surface area (Å²) in [6.45, 7) is 8.33. The molecule has 1 aromatic rings. The van der Waals surface area contributed by atoms with E-state index in [4.69, 9.17) is 12.2 Å². The SMILES string of the molecule is C#C.C#Cc1cc2c(cc1C)C(/C(C)=C/C=C\C)=CC(C)(N)CC2. The van der Waals surface area contributed by atoms with Crippen LogP contribution in [0.1, 0.15) is 49.4 Å². The minimum atomic E-state index is -0.302. The van der Waals surface area contributed by atoms with Gasteiger partial charge in [-0.05, 0) is 80.5 Å². The number of rotatable bonds is 2. The largest absolute Gasteiger partial charge is 0.322 e. The standard InChI is InChI=1S/C21H25N.C2H2/c1-6-8-9-15(3)20-14-21(5,22)11-10-18-13-17(7-2)16(4)12-19(18)20;1-2/h2,6,8-9,12-14H,10-11,22H2,1,3-5H3;1-2H/b8-6-,15-9+;. The third kappa shape index (κ3) is 4.51. The Morgan fingerprint density at radius 2 is 2.00 bits per heavy atom. The Bertz CT molecular complexity index is 746. The molecule has 1 aliphatic carbocycles. The second-order valence-corrected chi connectivity index (χ2v) is 6.41. The van der Waals surface area contributed by atoms with E-state index in [2.05, 4.69) is 69.9 Å². The van der Waals surface area contributed by atoms with Gasteiger partial charge in [0, 0.05) is 11.1 Å². The van der Waals surface area contributed by atoms with Gasteiger partial charge >= 0.3 is 0 Å². The minimum absolute atomic E-state index is 0.302. The van der Waals surface area contributed by atoms with E-state index in [9.17, 15) is 0 Å². The molecule has 0 fully saturated rings. The fraction of sp³-hybridized carbons (Fsp3) is 0.304. The van der Waals surface area contributed by atoms with Crippen LogP contribution >= 0.6 is 0 Å². The normalized spacial score (nSPS) is 20.2. The van der Waals surface area contributed by atoms with Crippen molar-refractivity contribution in [2.45, 2.75) is 46.1 Å². The second kappa shape index (κ2) is 8.39. The molecular formula is C23H27N. The van der Waals surface area contributed by atoms with Crippen molar-refractivity contribution < 1.29 is 0 Å². The van der Waals surface area contributed by atoms with E-state index >= 15 is 0 Å². The van der Waals surface area contributed by atoms with Gasteiger partial charge in [0.1, 0.15) is 0 Å². The fourth-order valence-electron chi connectivity index (χ4n) is 2.91. The van der Waals surface area contributed by atoms with Gasteiger partial charge in [-0.25, -0.2) is 0 Å². The van der Waals surface area contributed by atoms with Crippen LogP contribution in [0.5, 0.6) is 0 Å². The first-order valence-corrected chi connectivity index (χ1v) is 8.13. The van der Waals surface area contributed by atoms with Crippen molar-refractivity contribution in [3.8, 4) is 25.2 Å². The molecule has 1 nitrogen and oxygen atoms in total. The molecule has 2 N–H and O–H groups in total. The Hall–Kier alpha value is -2.48. The summed E-state index contributed by atoms with van der Waals surface area (Å²) in [5, 5.41) is 0. The van der Waals surface area contributed by atoms with Gasteiger partial charge in [-0.2, -0.15) is 0 Å². The molecule has 124 valence electrons. The van der Waals surface area contributed by atoms with Crippen molar-refractivity contribution >= 4 is 5.57 Å². The van der Waals surface area contributed by atoms with Crippen LogP contribution in [0.25, 0.3) is 5.57 Å². The van der Waals surface area contributed by atoms with Crippen LogP contribution in [0.3, 0.4) is 0 Å². The minimum Gasteiger partial charge on any atom is -0.322 e. The van der Waals surface area contributed by atoms with Gasteiger partial charge in [-0.1, -0.05) is 30.2 Å². The van der Waals surface area contributed by atoms with Crippen LogP contribution in [-0.2, 0) is 6.42 Å². The molecule has 0 aromatic heterocycles.